The molecular formula is C11H14N2O4. The number of hydrazine groups is 1. The summed E-state index contributed by atoms with van der Waals surface area (Å²) in [5.41, 5.74) is 4.69. The first kappa shape index (κ1) is 14.7. The van der Waals surface area contributed by atoms with Crippen molar-refractivity contribution in [1.29, 1.82) is 0 Å². The molecule has 0 aliphatic carbocycles. The molecule has 6 heteroatoms. The van der Waals surface area contributed by atoms with Crippen LogP contribution >= 0.6 is 0 Å². The van der Waals surface area contributed by atoms with Crippen LogP contribution in [-0.2, 0) is 9.59 Å². The van der Waals surface area contributed by atoms with Gasteiger partial charge in [0, 0.05) is 5.69 Å². The maximum atomic E-state index is 9.10. The third-order valence-electron chi connectivity index (χ3n) is 1.62. The van der Waals surface area contributed by atoms with Crippen LogP contribution in [0.4, 0.5) is 5.69 Å². The number of hydrogen-bond acceptors (Lipinski definition) is 4. The summed E-state index contributed by atoms with van der Waals surface area (Å²) in [6.07, 6.45) is 4.05. The van der Waals surface area contributed by atoms with Crippen LogP contribution in [-0.4, -0.2) is 22.2 Å². The maximum Gasteiger partial charge on any atom is 0.414 e. The maximum absolute atomic E-state index is 9.10. The second-order valence-electron chi connectivity index (χ2n) is 2.88. The van der Waals surface area contributed by atoms with Crippen LogP contribution in [0, 0.1) is 0 Å². The van der Waals surface area contributed by atoms with E-state index in [9.17, 15) is 0 Å². The molecule has 1 aromatic rings. The third-order valence-corrected chi connectivity index (χ3v) is 1.62. The van der Waals surface area contributed by atoms with Crippen LogP contribution < -0.4 is 11.3 Å². The number of nitrogen functional groups attached to an aromatic ring is 1. The first-order valence-electron chi connectivity index (χ1n) is 4.66. The Morgan fingerprint density at radius 1 is 1.18 bits per heavy atom. The predicted octanol–water partition coefficient (Wildman–Crippen LogP) is 1.16. The largest absolute Gasteiger partial charge is 0.473 e. The average molecular weight is 238 g/mol. The van der Waals surface area contributed by atoms with Gasteiger partial charge in [-0.05, 0) is 24.6 Å². The summed E-state index contributed by atoms with van der Waals surface area (Å²) in [7, 11) is 0. The fraction of sp³-hybridized carbons (Fsp3) is 0.0909. The number of hydrogen-bond donors (Lipinski definition) is 4. The molecule has 92 valence electrons. The minimum absolute atomic E-state index is 0.929. The molecular weight excluding hydrogens is 224 g/mol. The summed E-state index contributed by atoms with van der Waals surface area (Å²) in [4.78, 5) is 18.2. The van der Waals surface area contributed by atoms with Crippen molar-refractivity contribution in [3.63, 3.8) is 0 Å². The Balaban J connectivity index is 0.000000366. The third kappa shape index (κ3) is 6.69. The Labute approximate surface area is 98.3 Å². The van der Waals surface area contributed by atoms with Crippen LogP contribution in [0.2, 0.25) is 0 Å². The summed E-state index contributed by atoms with van der Waals surface area (Å²) >= 11 is 0. The fourth-order valence-electron chi connectivity index (χ4n) is 0.883. The summed E-state index contributed by atoms with van der Waals surface area (Å²) in [6.45, 7) is 2.00. The van der Waals surface area contributed by atoms with E-state index in [0.29, 0.717) is 0 Å². The van der Waals surface area contributed by atoms with E-state index in [1.165, 1.54) is 5.56 Å². The van der Waals surface area contributed by atoms with Crippen LogP contribution in [0.3, 0.4) is 0 Å². The number of carbonyl (C=O) groups is 2. The Morgan fingerprint density at radius 3 is 1.94 bits per heavy atom. The second kappa shape index (κ2) is 7.89. The number of carboxylic acid groups (broad SMARTS) is 2. The number of aliphatic carboxylic acids is 2. The molecule has 17 heavy (non-hydrogen) atoms. The van der Waals surface area contributed by atoms with E-state index in [1.807, 2.05) is 43.3 Å². The number of rotatable bonds is 2. The van der Waals surface area contributed by atoms with Gasteiger partial charge in [-0.25, -0.2) is 9.59 Å². The first-order chi connectivity index (χ1) is 8.01. The van der Waals surface area contributed by atoms with Crippen LogP contribution in [0.5, 0.6) is 0 Å². The molecule has 0 amide bonds. The smallest absolute Gasteiger partial charge is 0.414 e. The van der Waals surface area contributed by atoms with Gasteiger partial charge in [0.25, 0.3) is 0 Å². The summed E-state index contributed by atoms with van der Waals surface area (Å²) in [5.74, 6) is 1.56. The molecule has 0 bridgehead atoms. The average Bonchev–Trinajstić information content (AvgIpc) is 2.31. The van der Waals surface area contributed by atoms with Crippen molar-refractivity contribution in [2.24, 2.45) is 5.84 Å². The summed E-state index contributed by atoms with van der Waals surface area (Å²) < 4.78 is 0. The van der Waals surface area contributed by atoms with Crippen molar-refractivity contribution in [2.45, 2.75) is 6.92 Å². The molecule has 0 radical (unpaired) electrons. The lowest BCUT2D eigenvalue weighted by Gasteiger charge is -1.98. The molecule has 1 aromatic carbocycles. The zero-order chi connectivity index (χ0) is 13.3. The van der Waals surface area contributed by atoms with Crippen molar-refractivity contribution >= 4 is 23.7 Å². The first-order valence-corrected chi connectivity index (χ1v) is 4.66. The molecule has 0 heterocycles. The molecule has 1 rings (SSSR count). The van der Waals surface area contributed by atoms with Gasteiger partial charge in [0.15, 0.2) is 0 Å². The molecule has 0 spiro atoms. The van der Waals surface area contributed by atoms with E-state index < -0.39 is 11.9 Å². The Hall–Kier alpha value is -2.34. The van der Waals surface area contributed by atoms with E-state index in [1.54, 1.807) is 0 Å². The molecule has 0 aromatic heterocycles. The Morgan fingerprint density at radius 2 is 1.65 bits per heavy atom. The van der Waals surface area contributed by atoms with Crippen molar-refractivity contribution in [2.75, 3.05) is 5.43 Å². The SMILES string of the molecule is CC=Cc1ccc(NN)cc1.O=C(O)C(=O)O. The summed E-state index contributed by atoms with van der Waals surface area (Å²) in [6, 6.07) is 7.90. The van der Waals surface area contributed by atoms with Gasteiger partial charge in [0.1, 0.15) is 0 Å². The fourth-order valence-corrected chi connectivity index (χ4v) is 0.883. The monoisotopic (exact) mass is 238 g/mol. The topological polar surface area (TPSA) is 113 Å². The van der Waals surface area contributed by atoms with Crippen LogP contribution in [0.25, 0.3) is 6.08 Å². The van der Waals surface area contributed by atoms with Crippen molar-refractivity contribution in [3.8, 4) is 0 Å². The van der Waals surface area contributed by atoms with E-state index in [4.69, 9.17) is 25.6 Å². The number of allylic oxidation sites excluding steroid dienone is 1. The highest BCUT2D eigenvalue weighted by atomic mass is 16.4. The standard InChI is InChI=1S/C9H12N2.C2H2O4/c1-2-3-8-4-6-9(11-10)7-5-8;3-1(4)2(5)6/h2-7,11H,10H2,1H3;(H,3,4)(H,5,6). The Kier molecular flexibility index (Phi) is 6.80. The van der Waals surface area contributed by atoms with E-state index in [-0.39, 0.29) is 0 Å². The van der Waals surface area contributed by atoms with Gasteiger partial charge in [-0.2, -0.15) is 0 Å². The molecule has 5 N–H and O–H groups in total. The molecule has 6 nitrogen and oxygen atoms in total. The predicted molar refractivity (Wildman–Crippen MR) is 64.2 cm³/mol. The number of anilines is 1. The van der Waals surface area contributed by atoms with Crippen LogP contribution in [0.1, 0.15) is 12.5 Å². The minimum atomic E-state index is -1.82. The van der Waals surface area contributed by atoms with E-state index in [0.717, 1.165) is 5.69 Å². The Bertz CT molecular complexity index is 386. The number of benzene rings is 1. The molecule has 0 unspecified atom stereocenters. The summed E-state index contributed by atoms with van der Waals surface area (Å²) in [5, 5.41) is 14.8. The zero-order valence-corrected chi connectivity index (χ0v) is 9.25. The molecule has 0 saturated heterocycles. The zero-order valence-electron chi connectivity index (χ0n) is 9.25. The van der Waals surface area contributed by atoms with Crippen molar-refractivity contribution in [1.82, 2.24) is 0 Å². The highest BCUT2D eigenvalue weighted by Crippen LogP contribution is 2.08. The lowest BCUT2D eigenvalue weighted by molar-refractivity contribution is -0.159. The number of nitrogens with one attached hydrogen (secondary N) is 1. The van der Waals surface area contributed by atoms with Crippen LogP contribution in [0.15, 0.2) is 30.3 Å². The quantitative estimate of drug-likeness (QED) is 0.349. The molecule has 0 aliphatic heterocycles. The highest BCUT2D eigenvalue weighted by Gasteiger charge is 2.04. The van der Waals surface area contributed by atoms with Gasteiger partial charge in [0.05, 0.1) is 0 Å². The molecule has 0 fully saturated rings. The van der Waals surface area contributed by atoms with Gasteiger partial charge >= 0.3 is 11.9 Å². The van der Waals surface area contributed by atoms with Crippen molar-refractivity contribution < 1.29 is 19.8 Å². The second-order valence-corrected chi connectivity index (χ2v) is 2.88. The van der Waals surface area contributed by atoms with Gasteiger partial charge < -0.3 is 15.6 Å². The molecule has 0 saturated carbocycles. The molecule has 0 atom stereocenters. The molecule has 0 aliphatic rings. The number of nitrogens with two attached hydrogens (primary N) is 1. The van der Waals surface area contributed by atoms with E-state index in [2.05, 4.69) is 5.43 Å². The van der Waals surface area contributed by atoms with Gasteiger partial charge in [-0.15, -0.1) is 0 Å². The lowest BCUT2D eigenvalue weighted by atomic mass is 10.2. The highest BCUT2D eigenvalue weighted by molar-refractivity contribution is 6.27. The van der Waals surface area contributed by atoms with Crippen molar-refractivity contribution in [3.05, 3.63) is 35.9 Å². The van der Waals surface area contributed by atoms with Gasteiger partial charge in [0.2, 0.25) is 0 Å². The number of carboxylic acids is 2. The van der Waals surface area contributed by atoms with Gasteiger partial charge in [-0.3, -0.25) is 5.84 Å². The van der Waals surface area contributed by atoms with E-state index >= 15 is 0 Å². The minimum Gasteiger partial charge on any atom is -0.473 e. The lowest BCUT2D eigenvalue weighted by Crippen LogP contribution is -2.09. The van der Waals surface area contributed by atoms with Gasteiger partial charge in [-0.1, -0.05) is 24.3 Å². The normalized spacial score (nSPS) is 9.29.